The third-order valence-electron chi connectivity index (χ3n) is 4.95. The van der Waals surface area contributed by atoms with E-state index in [0.29, 0.717) is 37.1 Å². The van der Waals surface area contributed by atoms with Crippen molar-refractivity contribution in [1.82, 2.24) is 0 Å². The summed E-state index contributed by atoms with van der Waals surface area (Å²) in [6.07, 6.45) is -2.85. The fraction of sp³-hybridized carbons (Fsp3) is 0.273. The monoisotopic (exact) mass is 408 g/mol. The second-order valence-corrected chi connectivity index (χ2v) is 6.92. The number of esters is 2. The molecule has 154 valence electrons. The van der Waals surface area contributed by atoms with Crippen LogP contribution in [0.4, 0.5) is 0 Å². The van der Waals surface area contributed by atoms with E-state index in [2.05, 4.69) is 9.98 Å². The maximum absolute atomic E-state index is 12.3. The maximum atomic E-state index is 12.3. The maximum Gasteiger partial charge on any atom is 0.345 e. The lowest BCUT2D eigenvalue weighted by molar-refractivity contribution is -0.163. The average Bonchev–Trinajstić information content (AvgIpc) is 2.78. The minimum Gasteiger partial charge on any atom is -0.405 e. The van der Waals surface area contributed by atoms with Crippen LogP contribution in [-0.2, 0) is 31.9 Å². The Morgan fingerprint density at radius 2 is 1.13 bits per heavy atom. The number of carbonyl (C=O) groups excluding carboxylic acids is 2. The van der Waals surface area contributed by atoms with Crippen molar-refractivity contribution in [1.29, 1.82) is 0 Å². The number of fused-ring (bicyclic) bond motifs is 2. The molecule has 0 spiro atoms. The molecule has 0 saturated carbocycles. The Morgan fingerprint density at radius 3 is 1.57 bits per heavy atom. The Morgan fingerprint density at radius 1 is 0.733 bits per heavy atom. The number of hydrogen-bond acceptors (Lipinski definition) is 8. The molecule has 2 heterocycles. The molecule has 2 N–H and O–H groups in total. The van der Waals surface area contributed by atoms with Crippen LogP contribution in [0.3, 0.4) is 0 Å². The van der Waals surface area contributed by atoms with Crippen molar-refractivity contribution in [3.8, 4) is 0 Å². The van der Waals surface area contributed by atoms with E-state index >= 15 is 0 Å². The van der Waals surface area contributed by atoms with Gasteiger partial charge in [-0.2, -0.15) is 0 Å². The normalized spacial score (nSPS) is 16.9. The third kappa shape index (κ3) is 4.00. The van der Waals surface area contributed by atoms with Gasteiger partial charge in [-0.1, -0.05) is 36.4 Å². The average molecular weight is 408 g/mol. The quantitative estimate of drug-likeness (QED) is 0.726. The number of rotatable bonds is 3. The summed E-state index contributed by atoms with van der Waals surface area (Å²) in [5, 5.41) is 20.3. The van der Waals surface area contributed by atoms with Crippen molar-refractivity contribution in [2.24, 2.45) is 9.98 Å². The molecule has 0 aromatic heterocycles. The Bertz CT molecular complexity index is 962. The molecule has 2 unspecified atom stereocenters. The Kier molecular flexibility index (Phi) is 5.69. The highest BCUT2D eigenvalue weighted by Crippen LogP contribution is 2.19. The smallest absolute Gasteiger partial charge is 0.345 e. The molecule has 0 aliphatic carbocycles. The fourth-order valence-corrected chi connectivity index (χ4v) is 3.36. The lowest BCUT2D eigenvalue weighted by Crippen LogP contribution is -2.43. The first-order valence-electron chi connectivity index (χ1n) is 9.59. The van der Waals surface area contributed by atoms with Gasteiger partial charge in [-0.05, 0) is 36.1 Å². The van der Waals surface area contributed by atoms with Gasteiger partial charge in [0.15, 0.2) is 12.2 Å². The summed E-state index contributed by atoms with van der Waals surface area (Å²) in [6.45, 7) is 0.860. The number of nitrogens with zero attached hydrogens (tertiary/aromatic N) is 2. The van der Waals surface area contributed by atoms with Gasteiger partial charge in [0.2, 0.25) is 11.8 Å². The van der Waals surface area contributed by atoms with Crippen molar-refractivity contribution in [3.05, 3.63) is 70.8 Å². The molecule has 0 radical (unpaired) electrons. The van der Waals surface area contributed by atoms with Crippen LogP contribution in [0, 0.1) is 0 Å². The molecule has 8 nitrogen and oxygen atoms in total. The Balaban J connectivity index is 1.41. The molecular weight excluding hydrogens is 388 g/mol. The molecule has 8 heteroatoms. The van der Waals surface area contributed by atoms with E-state index in [9.17, 15) is 19.8 Å². The van der Waals surface area contributed by atoms with E-state index in [4.69, 9.17) is 9.47 Å². The van der Waals surface area contributed by atoms with Gasteiger partial charge >= 0.3 is 11.9 Å². The second-order valence-electron chi connectivity index (χ2n) is 6.92. The standard InChI is InChI=1S/C22H20N2O6/c25-17(21(27)29-19-15-7-3-1-5-13(15)9-11-23-19)18(26)22(28)30-20-16-8-4-2-6-14(16)10-12-24-20/h1-8,17-18,25-26H,9-12H2. The topological polar surface area (TPSA) is 118 Å². The van der Waals surface area contributed by atoms with Gasteiger partial charge in [0.05, 0.1) is 0 Å². The van der Waals surface area contributed by atoms with Crippen molar-refractivity contribution in [2.45, 2.75) is 25.0 Å². The summed E-state index contributed by atoms with van der Waals surface area (Å²) in [7, 11) is 0. The zero-order chi connectivity index (χ0) is 21.1. The molecule has 0 bridgehead atoms. The van der Waals surface area contributed by atoms with Crippen LogP contribution >= 0.6 is 0 Å². The van der Waals surface area contributed by atoms with Crippen LogP contribution < -0.4 is 0 Å². The number of hydrogen-bond donors (Lipinski definition) is 2. The summed E-state index contributed by atoms with van der Waals surface area (Å²) in [4.78, 5) is 32.9. The predicted molar refractivity (Wildman–Crippen MR) is 107 cm³/mol. The molecular formula is C22H20N2O6. The van der Waals surface area contributed by atoms with Crippen molar-refractivity contribution in [3.63, 3.8) is 0 Å². The number of aliphatic hydroxyl groups is 2. The molecule has 0 saturated heterocycles. The number of benzene rings is 2. The van der Waals surface area contributed by atoms with Crippen LogP contribution in [0.15, 0.2) is 58.5 Å². The van der Waals surface area contributed by atoms with Crippen LogP contribution in [0.2, 0.25) is 0 Å². The molecule has 4 rings (SSSR count). The largest absolute Gasteiger partial charge is 0.405 e. The highest BCUT2D eigenvalue weighted by atomic mass is 16.6. The third-order valence-corrected chi connectivity index (χ3v) is 4.95. The van der Waals surface area contributed by atoms with Crippen molar-refractivity contribution >= 4 is 23.7 Å². The molecule has 2 aliphatic heterocycles. The molecule has 2 aliphatic rings. The summed E-state index contributed by atoms with van der Waals surface area (Å²) >= 11 is 0. The Hall–Kier alpha value is -3.36. The minimum atomic E-state index is -2.13. The summed E-state index contributed by atoms with van der Waals surface area (Å²) in [5.74, 6) is -2.29. The molecule has 2 aromatic carbocycles. The zero-order valence-electron chi connectivity index (χ0n) is 16.0. The summed E-state index contributed by atoms with van der Waals surface area (Å²) in [5.41, 5.74) is 3.18. The lowest BCUT2D eigenvalue weighted by Gasteiger charge is -2.20. The first-order chi connectivity index (χ1) is 14.5. The fourth-order valence-electron chi connectivity index (χ4n) is 3.36. The number of aliphatic hydroxyl groups excluding tert-OH is 2. The number of aliphatic imine (C=N–C) groups is 2. The van der Waals surface area contributed by atoms with Gasteiger partial charge in [-0.15, -0.1) is 0 Å². The number of ether oxygens (including phenoxy) is 2. The van der Waals surface area contributed by atoms with E-state index in [1.165, 1.54) is 0 Å². The van der Waals surface area contributed by atoms with E-state index in [-0.39, 0.29) is 11.8 Å². The SMILES string of the molecule is O=C(OC1=NCCc2ccccc21)C(O)C(O)C(=O)OC1=NCCc2ccccc21. The first kappa shape index (κ1) is 19.9. The van der Waals surface area contributed by atoms with E-state index in [1.807, 2.05) is 24.3 Å². The molecule has 2 atom stereocenters. The minimum absolute atomic E-state index is 0.0482. The summed E-state index contributed by atoms with van der Waals surface area (Å²) in [6, 6.07) is 14.6. The van der Waals surface area contributed by atoms with E-state index < -0.39 is 24.1 Å². The van der Waals surface area contributed by atoms with Gasteiger partial charge in [-0.3, -0.25) is 9.98 Å². The number of carbonyl (C=O) groups is 2. The van der Waals surface area contributed by atoms with Crippen LogP contribution in [0.25, 0.3) is 0 Å². The van der Waals surface area contributed by atoms with Gasteiger partial charge < -0.3 is 19.7 Å². The second kappa shape index (κ2) is 8.56. The first-order valence-corrected chi connectivity index (χ1v) is 9.59. The molecule has 2 aromatic rings. The van der Waals surface area contributed by atoms with Crippen LogP contribution in [-0.4, -0.2) is 59.2 Å². The zero-order valence-corrected chi connectivity index (χ0v) is 16.0. The van der Waals surface area contributed by atoms with Crippen LogP contribution in [0.5, 0.6) is 0 Å². The van der Waals surface area contributed by atoms with Gasteiger partial charge in [0, 0.05) is 24.2 Å². The van der Waals surface area contributed by atoms with E-state index in [1.54, 1.807) is 24.3 Å². The van der Waals surface area contributed by atoms with Gasteiger partial charge in [0.25, 0.3) is 0 Å². The highest BCUT2D eigenvalue weighted by molar-refractivity contribution is 6.05. The van der Waals surface area contributed by atoms with Crippen LogP contribution in [0.1, 0.15) is 22.3 Å². The van der Waals surface area contributed by atoms with Gasteiger partial charge in [-0.25, -0.2) is 9.59 Å². The van der Waals surface area contributed by atoms with Gasteiger partial charge in [0.1, 0.15) is 0 Å². The summed E-state index contributed by atoms with van der Waals surface area (Å²) < 4.78 is 10.3. The molecule has 0 amide bonds. The molecule has 0 fully saturated rings. The highest BCUT2D eigenvalue weighted by Gasteiger charge is 2.35. The lowest BCUT2D eigenvalue weighted by atomic mass is 10.0. The Labute approximate surface area is 172 Å². The van der Waals surface area contributed by atoms with E-state index in [0.717, 1.165) is 11.1 Å². The predicted octanol–water partition coefficient (Wildman–Crippen LogP) is 0.800. The molecule has 30 heavy (non-hydrogen) atoms. The van der Waals surface area contributed by atoms with Crippen molar-refractivity contribution in [2.75, 3.05) is 13.1 Å². The van der Waals surface area contributed by atoms with Crippen molar-refractivity contribution < 1.29 is 29.3 Å².